The van der Waals surface area contributed by atoms with Crippen LogP contribution in [0.25, 0.3) is 16.7 Å². The Balaban J connectivity index is 2.00. The molecule has 0 bridgehead atoms. The first kappa shape index (κ1) is 35.1. The molecule has 3 aromatic rings. The third-order valence-corrected chi connectivity index (χ3v) is 10.9. The van der Waals surface area contributed by atoms with Crippen LogP contribution in [0.2, 0.25) is 0 Å². The van der Waals surface area contributed by atoms with Gasteiger partial charge in [-0.25, -0.2) is 8.42 Å². The number of phenols is 1. The van der Waals surface area contributed by atoms with Crippen molar-refractivity contribution in [2.45, 2.75) is 154 Å². The summed E-state index contributed by atoms with van der Waals surface area (Å²) in [5.74, 6) is 0.344. The van der Waals surface area contributed by atoms with Crippen LogP contribution in [-0.2, 0) is 20.7 Å². The van der Waals surface area contributed by atoms with E-state index >= 15 is 0 Å². The van der Waals surface area contributed by atoms with Gasteiger partial charge in [-0.2, -0.15) is 0 Å². The van der Waals surface area contributed by atoms with Crippen LogP contribution >= 0.6 is 0 Å². The lowest BCUT2D eigenvalue weighted by molar-refractivity contribution is 0.399. The molecule has 0 atom stereocenters. The first-order valence-electron chi connectivity index (χ1n) is 16.8. The van der Waals surface area contributed by atoms with Crippen LogP contribution < -0.4 is 0 Å². The number of aromatic nitrogens is 3. The zero-order valence-corrected chi connectivity index (χ0v) is 28.8. The van der Waals surface area contributed by atoms with Crippen LogP contribution in [0.15, 0.2) is 35.2 Å². The quantitative estimate of drug-likeness (QED) is 0.136. The van der Waals surface area contributed by atoms with Crippen molar-refractivity contribution >= 4 is 20.9 Å². The second-order valence-corrected chi connectivity index (χ2v) is 15.9. The van der Waals surface area contributed by atoms with Crippen LogP contribution in [0, 0.1) is 0 Å². The summed E-state index contributed by atoms with van der Waals surface area (Å²) in [6.45, 7) is 15.6. The van der Waals surface area contributed by atoms with Crippen molar-refractivity contribution in [3.63, 3.8) is 0 Å². The molecule has 2 aromatic carbocycles. The Morgan fingerprint density at radius 1 is 0.698 bits per heavy atom. The van der Waals surface area contributed by atoms with Crippen LogP contribution in [0.1, 0.15) is 149 Å². The minimum absolute atomic E-state index is 0.0871. The van der Waals surface area contributed by atoms with Gasteiger partial charge in [0.15, 0.2) is 9.84 Å². The number of hydrogen-bond acceptors (Lipinski definition) is 5. The summed E-state index contributed by atoms with van der Waals surface area (Å²) in [6.07, 6.45) is 15.2. The number of fused-ring (bicyclic) bond motifs is 1. The van der Waals surface area contributed by atoms with Crippen LogP contribution in [0.4, 0.5) is 0 Å². The summed E-state index contributed by atoms with van der Waals surface area (Å²) in [5, 5.41) is 21.2. The summed E-state index contributed by atoms with van der Waals surface area (Å²) in [4.78, 5) is 1.79. The summed E-state index contributed by atoms with van der Waals surface area (Å²) < 4.78 is 26.3. The third kappa shape index (κ3) is 9.29. The van der Waals surface area contributed by atoms with E-state index in [9.17, 15) is 13.5 Å². The highest BCUT2D eigenvalue weighted by Gasteiger charge is 2.30. The molecule has 0 amide bonds. The topological polar surface area (TPSA) is 85.1 Å². The molecule has 7 heteroatoms. The van der Waals surface area contributed by atoms with Crippen molar-refractivity contribution in [3.05, 3.63) is 41.5 Å². The van der Waals surface area contributed by atoms with E-state index in [2.05, 4.69) is 54.5 Å². The lowest BCUT2D eigenvalue weighted by Crippen LogP contribution is -2.23. The molecule has 240 valence electrons. The van der Waals surface area contributed by atoms with Gasteiger partial charge in [0.05, 0.1) is 10.6 Å². The Morgan fingerprint density at radius 3 is 1.91 bits per heavy atom. The van der Waals surface area contributed by atoms with Crippen LogP contribution in [-0.4, -0.2) is 34.3 Å². The highest BCUT2D eigenvalue weighted by molar-refractivity contribution is 7.91. The second kappa shape index (κ2) is 15.5. The molecule has 0 aliphatic rings. The van der Waals surface area contributed by atoms with Gasteiger partial charge in [0.2, 0.25) is 0 Å². The Hall–Kier alpha value is -2.41. The van der Waals surface area contributed by atoms with E-state index in [1.54, 1.807) is 18.2 Å². The van der Waals surface area contributed by atoms with Gasteiger partial charge in [-0.05, 0) is 59.9 Å². The van der Waals surface area contributed by atoms with Crippen molar-refractivity contribution in [3.8, 4) is 11.4 Å². The monoisotopic (exact) mass is 611 g/mol. The average Bonchev–Trinajstić information content (AvgIpc) is 3.38. The minimum Gasteiger partial charge on any atom is -0.505 e. The van der Waals surface area contributed by atoms with Gasteiger partial charge in [-0.1, -0.05) is 125 Å². The molecule has 0 unspecified atom stereocenters. The maximum atomic E-state index is 13.1. The highest BCUT2D eigenvalue weighted by Crippen LogP contribution is 2.42. The van der Waals surface area contributed by atoms with Crippen molar-refractivity contribution in [2.24, 2.45) is 0 Å². The largest absolute Gasteiger partial charge is 0.505 e. The Labute approximate surface area is 261 Å². The van der Waals surface area contributed by atoms with Crippen molar-refractivity contribution in [1.29, 1.82) is 0 Å². The molecule has 0 radical (unpaired) electrons. The fraction of sp³-hybridized carbons (Fsp3) is 0.667. The van der Waals surface area contributed by atoms with E-state index in [0.717, 1.165) is 63.4 Å². The van der Waals surface area contributed by atoms with Crippen LogP contribution in [0.5, 0.6) is 5.75 Å². The number of benzene rings is 2. The lowest BCUT2D eigenvalue weighted by atomic mass is 9.74. The van der Waals surface area contributed by atoms with Crippen molar-refractivity contribution in [1.82, 2.24) is 15.0 Å². The van der Waals surface area contributed by atoms with E-state index in [1.165, 1.54) is 36.0 Å². The van der Waals surface area contributed by atoms with E-state index in [-0.39, 0.29) is 27.2 Å². The fourth-order valence-electron chi connectivity index (χ4n) is 5.98. The molecule has 43 heavy (non-hydrogen) atoms. The number of aromatic hydroxyl groups is 1. The summed E-state index contributed by atoms with van der Waals surface area (Å²) >= 11 is 0. The van der Waals surface area contributed by atoms with Gasteiger partial charge >= 0.3 is 0 Å². The second-order valence-electron chi connectivity index (χ2n) is 13.8. The predicted octanol–water partition coefficient (Wildman–Crippen LogP) is 9.98. The van der Waals surface area contributed by atoms with E-state index in [1.807, 2.05) is 6.07 Å². The normalized spacial score (nSPS) is 12.8. The first-order chi connectivity index (χ1) is 20.4. The number of hydrogen-bond donors (Lipinski definition) is 1. The molecule has 0 saturated heterocycles. The first-order valence-corrected chi connectivity index (χ1v) is 18.5. The molecule has 1 heterocycles. The van der Waals surface area contributed by atoms with E-state index in [0.29, 0.717) is 23.1 Å². The Bertz CT molecular complexity index is 1420. The molecular weight excluding hydrogens is 554 g/mol. The summed E-state index contributed by atoms with van der Waals surface area (Å²) in [7, 11) is -3.41. The maximum Gasteiger partial charge on any atom is 0.178 e. The molecule has 0 saturated carbocycles. The van der Waals surface area contributed by atoms with Crippen molar-refractivity contribution in [2.75, 3.05) is 5.75 Å². The minimum atomic E-state index is -3.41. The van der Waals surface area contributed by atoms with Gasteiger partial charge < -0.3 is 5.11 Å². The third-order valence-electron chi connectivity index (χ3n) is 9.10. The smallest absolute Gasteiger partial charge is 0.178 e. The molecule has 0 fully saturated rings. The molecular formula is C36H57N3O3S. The van der Waals surface area contributed by atoms with Gasteiger partial charge in [0.25, 0.3) is 0 Å². The fourth-order valence-corrected chi connectivity index (χ4v) is 7.36. The molecule has 0 aliphatic heterocycles. The van der Waals surface area contributed by atoms with E-state index < -0.39 is 9.84 Å². The predicted molar refractivity (Wildman–Crippen MR) is 180 cm³/mol. The van der Waals surface area contributed by atoms with Gasteiger partial charge in [0, 0.05) is 5.56 Å². The number of rotatable bonds is 19. The Morgan fingerprint density at radius 2 is 1.26 bits per heavy atom. The molecule has 3 rings (SSSR count). The highest BCUT2D eigenvalue weighted by atomic mass is 32.2. The maximum absolute atomic E-state index is 13.1. The van der Waals surface area contributed by atoms with Gasteiger partial charge in [0.1, 0.15) is 22.5 Å². The van der Waals surface area contributed by atoms with Gasteiger partial charge in [-0.3, -0.25) is 0 Å². The number of unbranched alkanes of at least 4 members (excludes halogenated alkanes) is 9. The SMILES string of the molecule is CCCCCCCCS(=O)(=O)c1ccc2nn(-c3cc(C(C)(C)CCCCC)cc(C(C)(C)CCCCC)c3O)nc2c1. The molecule has 1 aromatic heterocycles. The Kier molecular flexibility index (Phi) is 12.7. The molecule has 0 aliphatic carbocycles. The number of sulfone groups is 1. The molecule has 6 nitrogen and oxygen atoms in total. The summed E-state index contributed by atoms with van der Waals surface area (Å²) in [6, 6.07) is 9.24. The van der Waals surface area contributed by atoms with Gasteiger partial charge in [-0.15, -0.1) is 15.0 Å². The number of nitrogens with zero attached hydrogens (tertiary/aromatic N) is 3. The van der Waals surface area contributed by atoms with Crippen molar-refractivity contribution < 1.29 is 13.5 Å². The molecule has 0 spiro atoms. The van der Waals surface area contributed by atoms with E-state index in [4.69, 9.17) is 10.2 Å². The summed E-state index contributed by atoms with van der Waals surface area (Å²) in [5.41, 5.74) is 3.44. The zero-order chi connectivity index (χ0) is 31.7. The standard InChI is InChI=1S/C36H57N3O3S/c1-8-11-14-15-16-19-24-43(41,42)29-20-21-31-32(27-29)38-39(37-31)33-26-28(35(4,5)22-17-12-9-2)25-30(34(33)40)36(6,7)23-18-13-10-3/h20-21,25-27,40H,8-19,22-24H2,1-7H3. The lowest BCUT2D eigenvalue weighted by Gasteiger charge is -2.32. The molecule has 1 N–H and O–H groups in total. The average molecular weight is 612 g/mol. The number of phenolic OH excluding ortho intramolecular Hbond substituents is 1. The van der Waals surface area contributed by atoms with Crippen LogP contribution in [0.3, 0.4) is 0 Å². The zero-order valence-electron chi connectivity index (χ0n) is 28.0.